The molecule has 1 aromatic heterocycles. The predicted octanol–water partition coefficient (Wildman–Crippen LogP) is 2.14. The number of aromatic amines is 1. The number of rotatable bonds is 1. The molecule has 0 atom stereocenters. The number of benzene rings is 1. The Morgan fingerprint density at radius 1 is 1.35 bits per heavy atom. The number of nitrogens with one attached hydrogen (secondary N) is 1. The minimum absolute atomic E-state index is 0.393. The van der Waals surface area contributed by atoms with Crippen LogP contribution in [0, 0.1) is 6.42 Å². The van der Waals surface area contributed by atoms with Gasteiger partial charge in [0.1, 0.15) is 0 Å². The fraction of sp³-hybridized carbons (Fsp3) is 0.308. The van der Waals surface area contributed by atoms with Crippen molar-refractivity contribution >= 4 is 20.7 Å². The summed E-state index contributed by atoms with van der Waals surface area (Å²) in [5.41, 5.74) is 3.12. The Balaban J connectivity index is 2.38. The third-order valence-corrected chi connectivity index (χ3v) is 4.38. The Morgan fingerprint density at radius 2 is 2.18 bits per heavy atom. The minimum Gasteiger partial charge on any atom is -0.357 e. The molecule has 2 aromatic rings. The Morgan fingerprint density at radius 3 is 2.94 bits per heavy atom. The van der Waals surface area contributed by atoms with Crippen LogP contribution in [0.2, 0.25) is 0 Å². The van der Waals surface area contributed by atoms with Crippen LogP contribution < -0.4 is 0 Å². The molecular weight excluding hydrogens is 234 g/mol. The van der Waals surface area contributed by atoms with E-state index < -0.39 is 9.84 Å². The summed E-state index contributed by atoms with van der Waals surface area (Å²) in [6.45, 7) is 0. The highest BCUT2D eigenvalue weighted by Crippen LogP contribution is 2.31. The number of para-hydroxylation sites is 1. The number of hydrogen-bond acceptors (Lipinski definition) is 2. The number of aryl methyl sites for hydroxylation is 1. The molecule has 1 heterocycles. The molecule has 88 valence electrons. The van der Waals surface area contributed by atoms with Gasteiger partial charge in [0.2, 0.25) is 0 Å². The van der Waals surface area contributed by atoms with Crippen molar-refractivity contribution in [2.75, 3.05) is 6.26 Å². The first-order valence-corrected chi connectivity index (χ1v) is 7.50. The van der Waals surface area contributed by atoms with E-state index in [4.69, 9.17) is 0 Å². The van der Waals surface area contributed by atoms with Crippen molar-refractivity contribution in [1.82, 2.24) is 4.98 Å². The molecule has 2 radical (unpaired) electrons. The molecule has 4 heteroatoms. The van der Waals surface area contributed by atoms with Crippen molar-refractivity contribution in [2.45, 2.75) is 24.2 Å². The minimum atomic E-state index is -3.18. The van der Waals surface area contributed by atoms with Crippen LogP contribution >= 0.6 is 0 Å². The SMILES string of the molecule is CS(=O)(=O)c1cccc2c3c([nH]c12)CC[C]C3. The van der Waals surface area contributed by atoms with Gasteiger partial charge in [0.15, 0.2) is 9.84 Å². The first-order chi connectivity index (χ1) is 8.07. The van der Waals surface area contributed by atoms with Gasteiger partial charge in [0.05, 0.1) is 10.4 Å². The second-order valence-corrected chi connectivity index (χ2v) is 6.44. The van der Waals surface area contributed by atoms with Gasteiger partial charge >= 0.3 is 0 Å². The zero-order valence-electron chi connectivity index (χ0n) is 9.58. The average Bonchev–Trinajstić information content (AvgIpc) is 2.65. The molecular formula is C13H13NO2S. The molecule has 1 aliphatic carbocycles. The summed E-state index contributed by atoms with van der Waals surface area (Å²) in [5.74, 6) is 0. The Labute approximate surface area is 101 Å². The fourth-order valence-corrected chi connectivity index (χ4v) is 3.31. The highest BCUT2D eigenvalue weighted by atomic mass is 32.2. The maximum Gasteiger partial charge on any atom is 0.177 e. The second-order valence-electron chi connectivity index (χ2n) is 4.46. The number of fused-ring (bicyclic) bond motifs is 3. The number of sulfone groups is 1. The lowest BCUT2D eigenvalue weighted by atomic mass is 9.96. The normalized spacial score (nSPS) is 16.1. The van der Waals surface area contributed by atoms with E-state index in [0.717, 1.165) is 35.9 Å². The topological polar surface area (TPSA) is 49.9 Å². The lowest BCUT2D eigenvalue weighted by Crippen LogP contribution is -2.00. The van der Waals surface area contributed by atoms with Crippen molar-refractivity contribution in [1.29, 1.82) is 0 Å². The maximum atomic E-state index is 11.7. The summed E-state index contributed by atoms with van der Waals surface area (Å²) in [5, 5.41) is 1.02. The van der Waals surface area contributed by atoms with Crippen molar-refractivity contribution in [3.63, 3.8) is 0 Å². The van der Waals surface area contributed by atoms with E-state index in [9.17, 15) is 8.42 Å². The number of H-pyrrole nitrogens is 1. The van der Waals surface area contributed by atoms with Crippen LogP contribution in [-0.2, 0) is 22.7 Å². The molecule has 1 aromatic carbocycles. The van der Waals surface area contributed by atoms with E-state index in [1.54, 1.807) is 12.1 Å². The van der Waals surface area contributed by atoms with Gasteiger partial charge in [-0.25, -0.2) is 8.42 Å². The molecule has 0 saturated carbocycles. The van der Waals surface area contributed by atoms with E-state index in [-0.39, 0.29) is 0 Å². The third-order valence-electron chi connectivity index (χ3n) is 3.24. The summed E-state index contributed by atoms with van der Waals surface area (Å²) in [7, 11) is -3.18. The van der Waals surface area contributed by atoms with E-state index in [0.29, 0.717) is 4.90 Å². The molecule has 0 fully saturated rings. The molecule has 17 heavy (non-hydrogen) atoms. The largest absolute Gasteiger partial charge is 0.357 e. The van der Waals surface area contributed by atoms with Crippen molar-refractivity contribution in [2.24, 2.45) is 0 Å². The molecule has 1 aliphatic rings. The quantitative estimate of drug-likeness (QED) is 0.839. The van der Waals surface area contributed by atoms with Crippen molar-refractivity contribution < 1.29 is 8.42 Å². The fourth-order valence-electron chi connectivity index (χ4n) is 2.45. The molecule has 0 bridgehead atoms. The molecule has 1 N–H and O–H groups in total. The van der Waals surface area contributed by atoms with Gasteiger partial charge in [-0.2, -0.15) is 0 Å². The molecule has 0 unspecified atom stereocenters. The maximum absolute atomic E-state index is 11.7. The molecule has 0 aliphatic heterocycles. The van der Waals surface area contributed by atoms with Crippen LogP contribution in [-0.4, -0.2) is 19.7 Å². The molecule has 0 spiro atoms. The lowest BCUT2D eigenvalue weighted by molar-refractivity contribution is 0.602. The first kappa shape index (κ1) is 10.8. The van der Waals surface area contributed by atoms with Crippen LogP contribution in [0.25, 0.3) is 10.9 Å². The van der Waals surface area contributed by atoms with Crippen molar-refractivity contribution in [3.8, 4) is 0 Å². The second kappa shape index (κ2) is 3.60. The Hall–Kier alpha value is -1.29. The number of aromatic nitrogens is 1. The van der Waals surface area contributed by atoms with Gasteiger partial charge < -0.3 is 4.98 Å². The lowest BCUT2D eigenvalue weighted by Gasteiger charge is -2.09. The van der Waals surface area contributed by atoms with E-state index in [1.807, 2.05) is 6.07 Å². The monoisotopic (exact) mass is 247 g/mol. The van der Waals surface area contributed by atoms with Crippen LogP contribution in [0.4, 0.5) is 0 Å². The zero-order chi connectivity index (χ0) is 12.0. The van der Waals surface area contributed by atoms with Crippen LogP contribution in [0.1, 0.15) is 17.7 Å². The van der Waals surface area contributed by atoms with Gasteiger partial charge in [-0.1, -0.05) is 12.1 Å². The summed E-state index contributed by atoms with van der Waals surface area (Å²) in [6, 6.07) is 5.45. The average molecular weight is 247 g/mol. The van der Waals surface area contributed by atoms with Crippen molar-refractivity contribution in [3.05, 3.63) is 35.9 Å². The highest BCUT2D eigenvalue weighted by Gasteiger charge is 2.20. The smallest absolute Gasteiger partial charge is 0.177 e. The van der Waals surface area contributed by atoms with E-state index in [1.165, 1.54) is 11.8 Å². The van der Waals surface area contributed by atoms with Gasteiger partial charge in [0, 0.05) is 17.3 Å². The highest BCUT2D eigenvalue weighted by molar-refractivity contribution is 7.91. The summed E-state index contributed by atoms with van der Waals surface area (Å²) >= 11 is 0. The summed E-state index contributed by atoms with van der Waals surface area (Å²) in [4.78, 5) is 3.66. The zero-order valence-corrected chi connectivity index (χ0v) is 10.4. The first-order valence-electron chi connectivity index (χ1n) is 5.60. The molecule has 3 rings (SSSR count). The Bertz CT molecular complexity index is 683. The van der Waals surface area contributed by atoms with Gasteiger partial charge in [-0.05, 0) is 37.3 Å². The van der Waals surface area contributed by atoms with Crippen LogP contribution in [0.3, 0.4) is 0 Å². The van der Waals surface area contributed by atoms with Gasteiger partial charge in [0.25, 0.3) is 0 Å². The van der Waals surface area contributed by atoms with E-state index in [2.05, 4.69) is 11.4 Å². The summed E-state index contributed by atoms with van der Waals surface area (Å²) < 4.78 is 23.4. The molecule has 3 nitrogen and oxygen atoms in total. The van der Waals surface area contributed by atoms with Gasteiger partial charge in [-0.3, -0.25) is 0 Å². The van der Waals surface area contributed by atoms with Crippen LogP contribution in [0.15, 0.2) is 23.1 Å². The Kier molecular flexibility index (Phi) is 2.30. The predicted molar refractivity (Wildman–Crippen MR) is 66.7 cm³/mol. The number of hydrogen-bond donors (Lipinski definition) is 1. The van der Waals surface area contributed by atoms with Crippen LogP contribution in [0.5, 0.6) is 0 Å². The van der Waals surface area contributed by atoms with E-state index >= 15 is 0 Å². The summed E-state index contributed by atoms with van der Waals surface area (Å²) in [6.07, 6.45) is 7.23. The standard InChI is InChI=1S/C13H13NO2S/c1-17(15,16)12-8-4-6-10-9-5-2-3-7-11(9)14-13(10)12/h4,6,8,14H,3,5,7H2,1H3. The molecule has 0 amide bonds. The third kappa shape index (κ3) is 1.67. The van der Waals surface area contributed by atoms with Gasteiger partial charge in [-0.15, -0.1) is 0 Å². The molecule has 0 saturated heterocycles.